The number of amides is 1. The molecule has 2 aromatic heterocycles. The zero-order valence-electron chi connectivity index (χ0n) is 14.5. The monoisotopic (exact) mass is 380 g/mol. The van der Waals surface area contributed by atoms with Crippen LogP contribution in [0.25, 0.3) is 0 Å². The van der Waals surface area contributed by atoms with Crippen molar-refractivity contribution >= 4 is 29.0 Å². The summed E-state index contributed by atoms with van der Waals surface area (Å²) in [6.07, 6.45) is 9.03. The van der Waals surface area contributed by atoms with Crippen LogP contribution < -0.4 is 5.32 Å². The molecule has 1 aliphatic carbocycles. The molecule has 1 aliphatic rings. The van der Waals surface area contributed by atoms with E-state index in [0.29, 0.717) is 29.3 Å². The number of thioether (sulfide) groups is 1. The Hall–Kier alpha value is -1.41. The molecule has 0 saturated heterocycles. The predicted molar refractivity (Wildman–Crippen MR) is 98.9 cm³/mol. The molecule has 1 fully saturated rings. The molecule has 1 N–H and O–H groups in total. The van der Waals surface area contributed by atoms with Crippen LogP contribution in [-0.2, 0) is 11.2 Å². The molecule has 1 amide bonds. The Bertz CT molecular complexity index is 678. The van der Waals surface area contributed by atoms with Gasteiger partial charge in [0.1, 0.15) is 0 Å². The maximum atomic E-state index is 12.2. The van der Waals surface area contributed by atoms with E-state index < -0.39 is 0 Å². The van der Waals surface area contributed by atoms with Gasteiger partial charge in [-0.15, -0.1) is 21.5 Å². The summed E-state index contributed by atoms with van der Waals surface area (Å²) in [5, 5.41) is 14.6. The molecule has 25 heavy (non-hydrogen) atoms. The highest BCUT2D eigenvalue weighted by Crippen LogP contribution is 2.20. The standard InChI is InChI=1S/C17H24N4O2S2/c1-12-18-14(10-24-12)9-16-20-21-17(23-16)25-11-15(22)19-13-7-5-3-2-4-6-8-13/h10,13H,2-9,11H2,1H3,(H,19,22). The molecule has 0 radical (unpaired) electrons. The number of aromatic nitrogens is 3. The van der Waals surface area contributed by atoms with Crippen LogP contribution in [0.2, 0.25) is 0 Å². The third-order valence-corrected chi connectivity index (χ3v) is 5.89. The van der Waals surface area contributed by atoms with Crippen molar-refractivity contribution in [2.75, 3.05) is 5.75 Å². The number of nitrogens with zero attached hydrogens (tertiary/aromatic N) is 3. The fraction of sp³-hybridized carbons (Fsp3) is 0.647. The molecule has 0 atom stereocenters. The van der Waals surface area contributed by atoms with E-state index in [-0.39, 0.29) is 5.91 Å². The molecule has 0 bridgehead atoms. The largest absolute Gasteiger partial charge is 0.416 e. The van der Waals surface area contributed by atoms with Crippen LogP contribution in [0.1, 0.15) is 61.5 Å². The van der Waals surface area contributed by atoms with Gasteiger partial charge in [-0.2, -0.15) is 0 Å². The Morgan fingerprint density at radius 1 is 1.28 bits per heavy atom. The average molecular weight is 381 g/mol. The number of rotatable bonds is 6. The zero-order valence-corrected chi connectivity index (χ0v) is 16.1. The minimum atomic E-state index is 0.0467. The van der Waals surface area contributed by atoms with Gasteiger partial charge in [-0.05, 0) is 19.8 Å². The van der Waals surface area contributed by atoms with Crippen LogP contribution in [0.15, 0.2) is 15.0 Å². The molecule has 1 saturated carbocycles. The van der Waals surface area contributed by atoms with Crippen molar-refractivity contribution in [3.63, 3.8) is 0 Å². The molecule has 6 nitrogen and oxygen atoms in total. The summed E-state index contributed by atoms with van der Waals surface area (Å²) in [4.78, 5) is 16.5. The SMILES string of the molecule is Cc1nc(Cc2nnc(SCC(=O)NC3CCCCCCC3)o2)cs1. The van der Waals surface area contributed by atoms with E-state index in [1.165, 1.54) is 43.9 Å². The van der Waals surface area contributed by atoms with Gasteiger partial charge in [-0.25, -0.2) is 4.98 Å². The third kappa shape index (κ3) is 6.11. The highest BCUT2D eigenvalue weighted by atomic mass is 32.2. The van der Waals surface area contributed by atoms with Crippen molar-refractivity contribution in [3.05, 3.63) is 22.0 Å². The fourth-order valence-electron chi connectivity index (χ4n) is 3.01. The van der Waals surface area contributed by atoms with E-state index in [1.54, 1.807) is 11.3 Å². The topological polar surface area (TPSA) is 80.9 Å². The van der Waals surface area contributed by atoms with Gasteiger partial charge in [0.05, 0.1) is 22.9 Å². The second-order valence-electron chi connectivity index (χ2n) is 6.39. The van der Waals surface area contributed by atoms with Gasteiger partial charge in [0.2, 0.25) is 11.8 Å². The van der Waals surface area contributed by atoms with E-state index in [9.17, 15) is 4.79 Å². The van der Waals surface area contributed by atoms with E-state index >= 15 is 0 Å². The predicted octanol–water partition coefficient (Wildman–Crippen LogP) is 3.75. The van der Waals surface area contributed by atoms with Crippen LogP contribution >= 0.6 is 23.1 Å². The Morgan fingerprint density at radius 2 is 2.04 bits per heavy atom. The van der Waals surface area contributed by atoms with E-state index in [2.05, 4.69) is 20.5 Å². The summed E-state index contributed by atoms with van der Waals surface area (Å²) in [5.41, 5.74) is 0.935. The first-order valence-corrected chi connectivity index (χ1v) is 10.7. The maximum absolute atomic E-state index is 12.2. The molecule has 0 unspecified atom stereocenters. The number of thiazole rings is 1. The molecule has 3 rings (SSSR count). The zero-order chi connectivity index (χ0) is 17.5. The Kier molecular flexibility index (Phi) is 6.86. The Labute approximate surface area is 156 Å². The molecule has 0 aromatic carbocycles. The normalized spacial score (nSPS) is 16.4. The van der Waals surface area contributed by atoms with Crippen molar-refractivity contribution < 1.29 is 9.21 Å². The molecule has 8 heteroatoms. The molecule has 0 spiro atoms. The molecule has 2 aromatic rings. The minimum absolute atomic E-state index is 0.0467. The van der Waals surface area contributed by atoms with Crippen LogP contribution in [0.4, 0.5) is 0 Å². The first-order chi connectivity index (χ1) is 12.2. The Balaban J connectivity index is 1.42. The van der Waals surface area contributed by atoms with Crippen LogP contribution in [-0.4, -0.2) is 32.9 Å². The highest BCUT2D eigenvalue weighted by molar-refractivity contribution is 7.99. The number of carbonyl (C=O) groups is 1. The highest BCUT2D eigenvalue weighted by Gasteiger charge is 2.16. The average Bonchev–Trinajstić information content (AvgIpc) is 3.17. The van der Waals surface area contributed by atoms with Crippen LogP contribution in [0.3, 0.4) is 0 Å². The summed E-state index contributed by atoms with van der Waals surface area (Å²) in [7, 11) is 0. The van der Waals surface area contributed by atoms with Gasteiger partial charge < -0.3 is 9.73 Å². The van der Waals surface area contributed by atoms with E-state index in [1.807, 2.05) is 12.3 Å². The molecule has 2 heterocycles. The van der Waals surface area contributed by atoms with Gasteiger partial charge in [-0.1, -0.05) is 43.9 Å². The van der Waals surface area contributed by atoms with Crippen molar-refractivity contribution in [2.24, 2.45) is 0 Å². The summed E-state index contributed by atoms with van der Waals surface area (Å²) >= 11 is 2.90. The van der Waals surface area contributed by atoms with Crippen molar-refractivity contribution in [2.45, 2.75) is 69.6 Å². The van der Waals surface area contributed by atoms with Gasteiger partial charge >= 0.3 is 0 Å². The van der Waals surface area contributed by atoms with Gasteiger partial charge in [0.25, 0.3) is 5.22 Å². The lowest BCUT2D eigenvalue weighted by Crippen LogP contribution is -2.36. The van der Waals surface area contributed by atoms with Gasteiger partial charge in [0.15, 0.2) is 0 Å². The summed E-state index contributed by atoms with van der Waals surface area (Å²) in [5.74, 6) is 0.896. The number of hydrogen-bond donors (Lipinski definition) is 1. The Morgan fingerprint density at radius 3 is 2.76 bits per heavy atom. The first-order valence-electron chi connectivity index (χ1n) is 8.84. The van der Waals surface area contributed by atoms with E-state index in [4.69, 9.17) is 4.42 Å². The number of carbonyl (C=O) groups excluding carboxylic acids is 1. The van der Waals surface area contributed by atoms with Gasteiger partial charge in [-0.3, -0.25) is 4.79 Å². The van der Waals surface area contributed by atoms with E-state index in [0.717, 1.165) is 23.5 Å². The maximum Gasteiger partial charge on any atom is 0.277 e. The number of hydrogen-bond acceptors (Lipinski definition) is 7. The lowest BCUT2D eigenvalue weighted by atomic mass is 9.97. The van der Waals surface area contributed by atoms with Gasteiger partial charge in [0, 0.05) is 11.4 Å². The quantitative estimate of drug-likeness (QED) is 0.769. The minimum Gasteiger partial charge on any atom is -0.416 e. The van der Waals surface area contributed by atoms with Crippen molar-refractivity contribution in [1.29, 1.82) is 0 Å². The molecular weight excluding hydrogens is 356 g/mol. The number of nitrogens with one attached hydrogen (secondary N) is 1. The lowest BCUT2D eigenvalue weighted by molar-refractivity contribution is -0.119. The van der Waals surface area contributed by atoms with Crippen molar-refractivity contribution in [3.8, 4) is 0 Å². The summed E-state index contributed by atoms with van der Waals surface area (Å²) in [6, 6.07) is 0.319. The molecule has 136 valence electrons. The number of aryl methyl sites for hydroxylation is 1. The first kappa shape index (κ1) is 18.4. The molecule has 0 aliphatic heterocycles. The van der Waals surface area contributed by atoms with Crippen LogP contribution in [0.5, 0.6) is 0 Å². The summed E-state index contributed by atoms with van der Waals surface area (Å²) in [6.45, 7) is 1.97. The van der Waals surface area contributed by atoms with Crippen molar-refractivity contribution in [1.82, 2.24) is 20.5 Å². The second-order valence-corrected chi connectivity index (χ2v) is 8.38. The second kappa shape index (κ2) is 9.33. The smallest absolute Gasteiger partial charge is 0.277 e. The lowest BCUT2D eigenvalue weighted by Gasteiger charge is -2.20. The fourth-order valence-corrected chi connectivity index (χ4v) is 4.21. The molecular formula is C17H24N4O2S2. The third-order valence-electron chi connectivity index (χ3n) is 4.24. The summed E-state index contributed by atoms with van der Waals surface area (Å²) < 4.78 is 5.60. The van der Waals surface area contributed by atoms with Crippen LogP contribution in [0, 0.1) is 6.92 Å².